The zero-order valence-corrected chi connectivity index (χ0v) is 15.1. The molecule has 1 fully saturated rings. The summed E-state index contributed by atoms with van der Waals surface area (Å²) in [6.45, 7) is 4.56. The second-order valence-corrected chi connectivity index (χ2v) is 6.26. The Hall–Kier alpha value is -2.64. The first-order chi connectivity index (χ1) is 12.5. The maximum absolute atomic E-state index is 12.4. The minimum atomic E-state index is -1.04. The Morgan fingerprint density at radius 3 is 2.46 bits per heavy atom. The summed E-state index contributed by atoms with van der Waals surface area (Å²) in [5.41, 5.74) is 0. The monoisotopic (exact) mass is 362 g/mol. The van der Waals surface area contributed by atoms with Crippen molar-refractivity contribution in [1.29, 1.82) is 0 Å². The van der Waals surface area contributed by atoms with E-state index in [1.54, 1.807) is 11.1 Å². The molecule has 1 aromatic heterocycles. The number of rotatable bonds is 8. The number of piperazine rings is 1. The molecule has 8 heteroatoms. The van der Waals surface area contributed by atoms with Crippen LogP contribution in [0.5, 0.6) is 0 Å². The maximum atomic E-state index is 12.4. The Morgan fingerprint density at radius 2 is 1.88 bits per heavy atom. The summed E-state index contributed by atoms with van der Waals surface area (Å²) in [7, 11) is 0. The van der Waals surface area contributed by atoms with E-state index in [9.17, 15) is 14.4 Å². The third-order valence-corrected chi connectivity index (χ3v) is 4.33. The molecule has 1 saturated heterocycles. The van der Waals surface area contributed by atoms with E-state index in [2.05, 4.69) is 9.88 Å². The first-order valence-electron chi connectivity index (χ1n) is 8.94. The molecule has 1 aliphatic heterocycles. The lowest BCUT2D eigenvalue weighted by Crippen LogP contribution is -2.49. The molecule has 2 amide bonds. The third-order valence-electron chi connectivity index (χ3n) is 4.33. The average molecular weight is 362 g/mol. The highest BCUT2D eigenvalue weighted by molar-refractivity contribution is 5.86. The number of carbonyl (C=O) groups is 3. The number of aromatic nitrogens is 1. The van der Waals surface area contributed by atoms with Crippen molar-refractivity contribution in [2.75, 3.05) is 44.2 Å². The van der Waals surface area contributed by atoms with Crippen LogP contribution >= 0.6 is 0 Å². The summed E-state index contributed by atoms with van der Waals surface area (Å²) < 4.78 is 0. The second kappa shape index (κ2) is 9.74. The standard InChI is InChI=1S/C18H26N4O4/c1-2-9-22(14-18(25)26)17(24)7-6-16(23)21-12-10-20(11-13-21)15-5-3-4-8-19-15/h3-5,8H,2,6-7,9-14H2,1H3,(H,25,26). The van der Waals surface area contributed by atoms with Gasteiger partial charge in [0.2, 0.25) is 11.8 Å². The average Bonchev–Trinajstić information content (AvgIpc) is 2.66. The lowest BCUT2D eigenvalue weighted by atomic mass is 10.2. The molecular formula is C18H26N4O4. The molecule has 0 spiro atoms. The molecule has 0 bridgehead atoms. The maximum Gasteiger partial charge on any atom is 0.323 e. The number of anilines is 1. The van der Waals surface area contributed by atoms with Gasteiger partial charge >= 0.3 is 5.97 Å². The predicted octanol–water partition coefficient (Wildman–Crippen LogP) is 0.834. The van der Waals surface area contributed by atoms with Crippen molar-refractivity contribution in [3.05, 3.63) is 24.4 Å². The molecule has 2 rings (SSSR count). The first kappa shape index (κ1) is 19.7. The molecule has 2 heterocycles. The molecule has 0 unspecified atom stereocenters. The second-order valence-electron chi connectivity index (χ2n) is 6.26. The van der Waals surface area contributed by atoms with E-state index in [4.69, 9.17) is 5.11 Å². The molecule has 1 aliphatic rings. The van der Waals surface area contributed by atoms with Crippen molar-refractivity contribution in [3.63, 3.8) is 0 Å². The first-order valence-corrected chi connectivity index (χ1v) is 8.94. The Balaban J connectivity index is 1.78. The Kier molecular flexibility index (Phi) is 7.37. The van der Waals surface area contributed by atoms with E-state index in [0.717, 1.165) is 5.82 Å². The molecule has 0 atom stereocenters. The van der Waals surface area contributed by atoms with E-state index in [1.165, 1.54) is 4.90 Å². The van der Waals surface area contributed by atoms with Gasteiger partial charge in [-0.05, 0) is 18.6 Å². The fourth-order valence-electron chi connectivity index (χ4n) is 2.98. The van der Waals surface area contributed by atoms with E-state index in [0.29, 0.717) is 39.1 Å². The number of nitrogens with zero attached hydrogens (tertiary/aromatic N) is 4. The van der Waals surface area contributed by atoms with Crippen LogP contribution in [0.25, 0.3) is 0 Å². The van der Waals surface area contributed by atoms with Gasteiger partial charge in [-0.2, -0.15) is 0 Å². The summed E-state index contributed by atoms with van der Waals surface area (Å²) >= 11 is 0. The summed E-state index contributed by atoms with van der Waals surface area (Å²) in [6.07, 6.45) is 2.59. The van der Waals surface area contributed by atoms with Gasteiger partial charge < -0.3 is 19.8 Å². The van der Waals surface area contributed by atoms with Crippen LogP contribution in [0, 0.1) is 0 Å². The quantitative estimate of drug-likeness (QED) is 0.736. The van der Waals surface area contributed by atoms with Crippen molar-refractivity contribution in [1.82, 2.24) is 14.8 Å². The van der Waals surface area contributed by atoms with Crippen molar-refractivity contribution >= 4 is 23.6 Å². The van der Waals surface area contributed by atoms with Gasteiger partial charge in [0.15, 0.2) is 0 Å². The molecule has 142 valence electrons. The minimum absolute atomic E-state index is 0.0482. The van der Waals surface area contributed by atoms with Crippen molar-refractivity contribution in [2.45, 2.75) is 26.2 Å². The number of pyridine rings is 1. The zero-order chi connectivity index (χ0) is 18.9. The smallest absolute Gasteiger partial charge is 0.323 e. The molecule has 8 nitrogen and oxygen atoms in total. The highest BCUT2D eigenvalue weighted by Gasteiger charge is 2.23. The predicted molar refractivity (Wildman–Crippen MR) is 96.8 cm³/mol. The zero-order valence-electron chi connectivity index (χ0n) is 15.1. The van der Waals surface area contributed by atoms with Crippen LogP contribution in [0.4, 0.5) is 5.82 Å². The van der Waals surface area contributed by atoms with Crippen LogP contribution in [-0.4, -0.2) is 76.9 Å². The van der Waals surface area contributed by atoms with Gasteiger partial charge in [-0.15, -0.1) is 0 Å². The van der Waals surface area contributed by atoms with E-state index in [1.807, 2.05) is 25.1 Å². The van der Waals surface area contributed by atoms with Gasteiger partial charge in [0.05, 0.1) is 0 Å². The Labute approximate surface area is 153 Å². The summed E-state index contributed by atoms with van der Waals surface area (Å²) in [4.78, 5) is 44.9. The fourth-order valence-corrected chi connectivity index (χ4v) is 2.98. The molecular weight excluding hydrogens is 336 g/mol. The van der Waals surface area contributed by atoms with Gasteiger partial charge in [0.25, 0.3) is 0 Å². The van der Waals surface area contributed by atoms with E-state index < -0.39 is 5.97 Å². The number of carbonyl (C=O) groups excluding carboxylic acids is 2. The molecule has 0 aromatic carbocycles. The highest BCUT2D eigenvalue weighted by Crippen LogP contribution is 2.13. The van der Waals surface area contributed by atoms with Gasteiger partial charge in [-0.25, -0.2) is 4.98 Å². The van der Waals surface area contributed by atoms with E-state index >= 15 is 0 Å². The van der Waals surface area contributed by atoms with Gasteiger partial charge in [0, 0.05) is 51.8 Å². The van der Waals surface area contributed by atoms with Gasteiger partial charge in [-0.1, -0.05) is 13.0 Å². The third kappa shape index (κ3) is 5.72. The normalized spacial score (nSPS) is 14.2. The molecule has 0 radical (unpaired) electrons. The van der Waals surface area contributed by atoms with Gasteiger partial charge in [0.1, 0.15) is 12.4 Å². The number of hydrogen-bond donors (Lipinski definition) is 1. The van der Waals surface area contributed by atoms with Crippen molar-refractivity contribution < 1.29 is 19.5 Å². The van der Waals surface area contributed by atoms with E-state index in [-0.39, 0.29) is 31.2 Å². The Bertz CT molecular complexity index is 615. The lowest BCUT2D eigenvalue weighted by Gasteiger charge is -2.35. The molecule has 1 aromatic rings. The van der Waals surface area contributed by atoms with Crippen LogP contribution < -0.4 is 4.90 Å². The highest BCUT2D eigenvalue weighted by atomic mass is 16.4. The summed E-state index contributed by atoms with van der Waals surface area (Å²) in [5, 5.41) is 8.88. The molecule has 0 saturated carbocycles. The van der Waals surface area contributed by atoms with Crippen LogP contribution in [0.3, 0.4) is 0 Å². The topological polar surface area (TPSA) is 94.0 Å². The van der Waals surface area contributed by atoms with Crippen LogP contribution in [-0.2, 0) is 14.4 Å². The molecule has 0 aliphatic carbocycles. The number of aliphatic carboxylic acids is 1. The lowest BCUT2D eigenvalue weighted by molar-refractivity contribution is -0.145. The van der Waals surface area contributed by atoms with Crippen LogP contribution in [0.1, 0.15) is 26.2 Å². The fraction of sp³-hybridized carbons (Fsp3) is 0.556. The van der Waals surface area contributed by atoms with Crippen molar-refractivity contribution in [3.8, 4) is 0 Å². The number of hydrogen-bond acceptors (Lipinski definition) is 5. The number of carboxylic acids is 1. The molecule has 26 heavy (non-hydrogen) atoms. The summed E-state index contributed by atoms with van der Waals surface area (Å²) in [5.74, 6) is -0.483. The number of carboxylic acid groups (broad SMARTS) is 1. The molecule has 1 N–H and O–H groups in total. The SMILES string of the molecule is CCCN(CC(=O)O)C(=O)CCC(=O)N1CCN(c2ccccn2)CC1. The Morgan fingerprint density at radius 1 is 1.15 bits per heavy atom. The van der Waals surface area contributed by atoms with Crippen molar-refractivity contribution in [2.24, 2.45) is 0 Å². The van der Waals surface area contributed by atoms with Crippen LogP contribution in [0.15, 0.2) is 24.4 Å². The van der Waals surface area contributed by atoms with Crippen LogP contribution in [0.2, 0.25) is 0 Å². The summed E-state index contributed by atoms with van der Waals surface area (Å²) in [6, 6.07) is 5.75. The van der Waals surface area contributed by atoms with Gasteiger partial charge in [-0.3, -0.25) is 14.4 Å². The number of amides is 2. The minimum Gasteiger partial charge on any atom is -0.480 e. The largest absolute Gasteiger partial charge is 0.480 e.